The molecule has 0 aliphatic carbocycles. The molecule has 1 aliphatic rings. The van der Waals surface area contributed by atoms with E-state index in [-0.39, 0.29) is 6.42 Å². The van der Waals surface area contributed by atoms with Crippen LogP contribution in [0.15, 0.2) is 60.7 Å². The van der Waals surface area contributed by atoms with Crippen LogP contribution in [0.5, 0.6) is 0 Å². The van der Waals surface area contributed by atoms with Crippen molar-refractivity contribution in [3.05, 3.63) is 71.8 Å². The fourth-order valence-corrected chi connectivity index (χ4v) is 2.89. The van der Waals surface area contributed by atoms with Gasteiger partial charge >= 0.3 is 5.97 Å². The Labute approximate surface area is 147 Å². The summed E-state index contributed by atoms with van der Waals surface area (Å²) >= 11 is 0. The third-order valence-corrected chi connectivity index (χ3v) is 4.19. The molecule has 2 aromatic rings. The number of carbonyl (C=O) groups excluding carboxylic acids is 1. The van der Waals surface area contributed by atoms with Crippen LogP contribution in [0.25, 0.3) is 0 Å². The molecule has 1 N–H and O–H groups in total. The summed E-state index contributed by atoms with van der Waals surface area (Å²) < 4.78 is 17.0. The molecule has 25 heavy (non-hydrogen) atoms. The first-order valence-corrected chi connectivity index (χ1v) is 8.38. The van der Waals surface area contributed by atoms with Gasteiger partial charge in [0.05, 0.1) is 18.3 Å². The number of esters is 1. The molecule has 1 saturated heterocycles. The van der Waals surface area contributed by atoms with Gasteiger partial charge in [0.25, 0.3) is 0 Å². The van der Waals surface area contributed by atoms with Gasteiger partial charge in [0.2, 0.25) is 0 Å². The molecule has 5 heteroatoms. The van der Waals surface area contributed by atoms with E-state index in [1.165, 1.54) is 0 Å². The zero-order valence-corrected chi connectivity index (χ0v) is 14.1. The molecule has 0 aromatic heterocycles. The molecule has 0 amide bonds. The summed E-state index contributed by atoms with van der Waals surface area (Å²) in [4.78, 5) is 12.4. The second-order valence-corrected chi connectivity index (χ2v) is 6.10. The fourth-order valence-electron chi connectivity index (χ4n) is 2.89. The maximum Gasteiger partial charge on any atom is 0.338 e. The average molecular weight is 342 g/mol. The second-order valence-electron chi connectivity index (χ2n) is 6.10. The van der Waals surface area contributed by atoms with Crippen molar-refractivity contribution >= 4 is 5.97 Å². The van der Waals surface area contributed by atoms with Gasteiger partial charge in [0, 0.05) is 6.42 Å². The molecule has 0 spiro atoms. The van der Waals surface area contributed by atoms with Gasteiger partial charge in [-0.05, 0) is 24.6 Å². The number of carbonyl (C=O) groups is 1. The summed E-state index contributed by atoms with van der Waals surface area (Å²) in [6.07, 6.45) is -2.16. The first-order valence-electron chi connectivity index (χ1n) is 8.38. The van der Waals surface area contributed by atoms with Crippen LogP contribution in [-0.4, -0.2) is 35.7 Å². The standard InChI is InChI=1S/C20H22O5/c1-14-19(25-20(22)16-10-6-3-7-11-16)17(12-18(21)24-14)23-13-15-8-4-2-5-9-15/h2-11,14,17-19,21H,12-13H2,1H3/t14-,17-,18?,19-/m1/s1. The van der Waals surface area contributed by atoms with Crippen molar-refractivity contribution in [2.24, 2.45) is 0 Å². The Morgan fingerprint density at radius 2 is 1.76 bits per heavy atom. The highest BCUT2D eigenvalue weighted by molar-refractivity contribution is 5.89. The van der Waals surface area contributed by atoms with E-state index in [1.807, 2.05) is 36.4 Å². The molecule has 4 atom stereocenters. The van der Waals surface area contributed by atoms with Crippen molar-refractivity contribution in [2.75, 3.05) is 0 Å². The summed E-state index contributed by atoms with van der Waals surface area (Å²) in [5.41, 5.74) is 1.49. The zero-order valence-electron chi connectivity index (χ0n) is 14.1. The molecule has 132 valence electrons. The number of benzene rings is 2. The van der Waals surface area contributed by atoms with Gasteiger partial charge in [-0.1, -0.05) is 48.5 Å². The van der Waals surface area contributed by atoms with Crippen LogP contribution < -0.4 is 0 Å². The predicted molar refractivity (Wildman–Crippen MR) is 91.8 cm³/mol. The second kappa shape index (κ2) is 8.25. The third kappa shape index (κ3) is 4.66. The lowest BCUT2D eigenvalue weighted by molar-refractivity contribution is -0.237. The Morgan fingerprint density at radius 3 is 2.44 bits per heavy atom. The molecule has 1 aliphatic heterocycles. The van der Waals surface area contributed by atoms with Gasteiger partial charge in [-0.25, -0.2) is 4.79 Å². The van der Waals surface area contributed by atoms with Gasteiger partial charge < -0.3 is 19.3 Å². The number of hydrogen-bond donors (Lipinski definition) is 1. The number of aliphatic hydroxyl groups is 1. The molecule has 1 fully saturated rings. The minimum atomic E-state index is -0.928. The minimum absolute atomic E-state index is 0.254. The summed E-state index contributed by atoms with van der Waals surface area (Å²) in [5, 5.41) is 9.87. The van der Waals surface area contributed by atoms with Crippen LogP contribution >= 0.6 is 0 Å². The highest BCUT2D eigenvalue weighted by Gasteiger charge is 2.39. The Bertz CT molecular complexity index is 673. The first kappa shape index (κ1) is 17.6. The van der Waals surface area contributed by atoms with Crippen LogP contribution in [0.2, 0.25) is 0 Å². The van der Waals surface area contributed by atoms with Crippen LogP contribution in [0.3, 0.4) is 0 Å². The minimum Gasteiger partial charge on any atom is -0.453 e. The molecule has 0 bridgehead atoms. The molecule has 0 saturated carbocycles. The van der Waals surface area contributed by atoms with Crippen molar-refractivity contribution in [1.29, 1.82) is 0 Å². The Balaban J connectivity index is 1.68. The lowest BCUT2D eigenvalue weighted by Gasteiger charge is -2.38. The number of hydrogen-bond acceptors (Lipinski definition) is 5. The van der Waals surface area contributed by atoms with Gasteiger partial charge in [0.15, 0.2) is 12.4 Å². The van der Waals surface area contributed by atoms with Crippen molar-refractivity contribution in [2.45, 2.75) is 44.6 Å². The molecule has 1 unspecified atom stereocenters. The van der Waals surface area contributed by atoms with Crippen molar-refractivity contribution in [1.82, 2.24) is 0 Å². The number of rotatable bonds is 5. The quantitative estimate of drug-likeness (QED) is 0.847. The van der Waals surface area contributed by atoms with Crippen molar-refractivity contribution in [3.8, 4) is 0 Å². The molecule has 0 radical (unpaired) electrons. The van der Waals surface area contributed by atoms with Gasteiger partial charge in [-0.2, -0.15) is 0 Å². The van der Waals surface area contributed by atoms with E-state index >= 15 is 0 Å². The maximum absolute atomic E-state index is 12.4. The van der Waals surface area contributed by atoms with Gasteiger partial charge in [0.1, 0.15) is 6.10 Å². The maximum atomic E-state index is 12.4. The zero-order chi connectivity index (χ0) is 17.6. The molecular weight excluding hydrogens is 320 g/mol. The van der Waals surface area contributed by atoms with Crippen LogP contribution in [-0.2, 0) is 20.8 Å². The summed E-state index contributed by atoms with van der Waals surface area (Å²) in [7, 11) is 0. The lowest BCUT2D eigenvalue weighted by Crippen LogP contribution is -2.50. The third-order valence-electron chi connectivity index (χ3n) is 4.19. The molecular formula is C20H22O5. The Kier molecular flexibility index (Phi) is 5.81. The summed E-state index contributed by atoms with van der Waals surface area (Å²) in [6.45, 7) is 2.15. The van der Waals surface area contributed by atoms with Gasteiger partial charge in [-0.3, -0.25) is 0 Å². The van der Waals surface area contributed by atoms with E-state index in [0.717, 1.165) is 5.56 Å². The van der Waals surface area contributed by atoms with Crippen LogP contribution in [0.1, 0.15) is 29.3 Å². The van der Waals surface area contributed by atoms with E-state index in [1.54, 1.807) is 31.2 Å². The van der Waals surface area contributed by atoms with E-state index < -0.39 is 30.6 Å². The Morgan fingerprint density at radius 1 is 1.12 bits per heavy atom. The predicted octanol–water partition coefficient (Wildman–Crippen LogP) is 2.92. The normalized spacial score (nSPS) is 26.2. The van der Waals surface area contributed by atoms with Crippen molar-refractivity contribution in [3.63, 3.8) is 0 Å². The monoisotopic (exact) mass is 342 g/mol. The lowest BCUT2D eigenvalue weighted by atomic mass is 10.0. The number of aliphatic hydroxyl groups excluding tert-OH is 1. The Hall–Kier alpha value is -2.21. The van der Waals surface area contributed by atoms with Crippen LogP contribution in [0, 0.1) is 0 Å². The summed E-state index contributed by atoms with van der Waals surface area (Å²) in [5.74, 6) is -0.425. The molecule has 1 heterocycles. The van der Waals surface area contributed by atoms with E-state index in [2.05, 4.69) is 0 Å². The molecule has 2 aromatic carbocycles. The first-order chi connectivity index (χ1) is 12.1. The number of ether oxygens (including phenoxy) is 3. The van der Waals surface area contributed by atoms with Crippen molar-refractivity contribution < 1.29 is 24.1 Å². The highest BCUT2D eigenvalue weighted by Crippen LogP contribution is 2.26. The topological polar surface area (TPSA) is 65.0 Å². The molecule has 5 nitrogen and oxygen atoms in total. The summed E-state index contributed by atoms with van der Waals surface area (Å²) in [6, 6.07) is 18.5. The SMILES string of the molecule is C[C@H]1OC(O)C[C@@H](OCc2ccccc2)[C@@H]1OC(=O)c1ccccc1. The average Bonchev–Trinajstić information content (AvgIpc) is 2.64. The fraction of sp³-hybridized carbons (Fsp3) is 0.350. The molecule has 3 rings (SSSR count). The smallest absolute Gasteiger partial charge is 0.338 e. The van der Waals surface area contributed by atoms with E-state index in [0.29, 0.717) is 12.2 Å². The largest absolute Gasteiger partial charge is 0.453 e. The highest BCUT2D eigenvalue weighted by atomic mass is 16.6. The van der Waals surface area contributed by atoms with Gasteiger partial charge in [-0.15, -0.1) is 0 Å². The van der Waals surface area contributed by atoms with E-state index in [4.69, 9.17) is 14.2 Å². The van der Waals surface area contributed by atoms with Crippen LogP contribution in [0.4, 0.5) is 0 Å². The van der Waals surface area contributed by atoms with E-state index in [9.17, 15) is 9.90 Å².